The number of aliphatic hydroxyl groups is 1. The van der Waals surface area contributed by atoms with Gasteiger partial charge in [0.2, 0.25) is 0 Å². The Bertz CT molecular complexity index is 2050. The molecule has 1 aliphatic rings. The van der Waals surface area contributed by atoms with Crippen molar-refractivity contribution in [1.82, 2.24) is 19.9 Å². The normalized spacial score (nSPS) is 13.8. The largest absolute Gasteiger partial charge is 0.481 e. The van der Waals surface area contributed by atoms with Gasteiger partial charge in [0.05, 0.1) is 12.2 Å². The van der Waals surface area contributed by atoms with Crippen molar-refractivity contribution in [2.24, 2.45) is 0 Å². The first-order valence-electron chi connectivity index (χ1n) is 15.2. The number of rotatable bonds is 9. The summed E-state index contributed by atoms with van der Waals surface area (Å²) >= 11 is 0. The fraction of sp³-hybridized carbons (Fsp3) is 0.371. The van der Waals surface area contributed by atoms with Crippen LogP contribution in [0.15, 0.2) is 0 Å². The molecule has 7 N–H and O–H groups in total. The molecule has 0 unspecified atom stereocenters. The van der Waals surface area contributed by atoms with Gasteiger partial charge in [0.15, 0.2) is 0 Å². The molecule has 4 aromatic rings. The van der Waals surface area contributed by atoms with Crippen LogP contribution >= 0.6 is 0 Å². The summed E-state index contributed by atoms with van der Waals surface area (Å²) in [4.78, 5) is 37.4. The van der Waals surface area contributed by atoms with Gasteiger partial charge < -0.3 is 40.0 Å². The third-order valence-electron chi connectivity index (χ3n) is 9.15. The molecule has 0 aliphatic carbocycles. The van der Waals surface area contributed by atoms with E-state index in [0.717, 1.165) is 88.7 Å². The molecule has 4 aromatic heterocycles. The zero-order valence-corrected chi connectivity index (χ0v) is 26.9. The van der Waals surface area contributed by atoms with Gasteiger partial charge in [-0.25, -0.2) is 0 Å². The fourth-order valence-corrected chi connectivity index (χ4v) is 6.58. The predicted octanol–water partition coefficient (Wildman–Crippen LogP) is 2.66. The highest BCUT2D eigenvalue weighted by Crippen LogP contribution is 2.29. The SMILES string of the molecule is CO[C@H](C)c1c2[nH]c(c1C)C=c1[nH]c(c(C)c1[C@@H](C)O)=Cc1[nH]c(c(CCC(=O)O)c1C)C=c1[nH]c(c(C)c1CCC(=O)O)=C2. The summed E-state index contributed by atoms with van der Waals surface area (Å²) in [5.74, 6) is -1.77. The molecule has 0 aromatic carbocycles. The Hall–Kier alpha value is -4.54. The van der Waals surface area contributed by atoms with E-state index in [1.807, 2.05) is 58.9 Å². The molecule has 2 atom stereocenters. The van der Waals surface area contributed by atoms with Crippen LogP contribution in [-0.4, -0.2) is 54.3 Å². The number of fused-ring (bicyclic) bond motifs is 8. The average molecular weight is 615 g/mol. The van der Waals surface area contributed by atoms with Gasteiger partial charge in [0.1, 0.15) is 0 Å². The molecule has 10 heteroatoms. The minimum absolute atomic E-state index is 0.0276. The molecule has 0 fully saturated rings. The third kappa shape index (κ3) is 6.08. The van der Waals surface area contributed by atoms with Gasteiger partial charge in [0, 0.05) is 75.3 Å². The van der Waals surface area contributed by atoms with E-state index in [1.165, 1.54) is 0 Å². The Morgan fingerprint density at radius 1 is 0.644 bits per heavy atom. The first-order valence-corrected chi connectivity index (χ1v) is 15.2. The minimum Gasteiger partial charge on any atom is -0.481 e. The number of aliphatic carboxylic acids is 2. The Labute approximate surface area is 260 Å². The Morgan fingerprint density at radius 2 is 1.16 bits per heavy atom. The second kappa shape index (κ2) is 12.5. The molecule has 45 heavy (non-hydrogen) atoms. The number of H-pyrrole nitrogens is 4. The van der Waals surface area contributed by atoms with E-state index in [4.69, 9.17) is 4.74 Å². The zero-order chi connectivity index (χ0) is 32.7. The number of aliphatic hydroxyl groups excluding tert-OH is 1. The van der Waals surface area contributed by atoms with Crippen LogP contribution in [0.2, 0.25) is 0 Å². The molecule has 0 saturated heterocycles. The highest BCUT2D eigenvalue weighted by Gasteiger charge is 2.21. The van der Waals surface area contributed by atoms with Crippen molar-refractivity contribution < 1.29 is 29.6 Å². The van der Waals surface area contributed by atoms with Crippen molar-refractivity contribution in [2.45, 2.75) is 79.4 Å². The summed E-state index contributed by atoms with van der Waals surface area (Å²) in [7, 11) is 1.67. The van der Waals surface area contributed by atoms with Crippen molar-refractivity contribution >= 4 is 36.2 Å². The van der Waals surface area contributed by atoms with Crippen LogP contribution in [0.5, 0.6) is 0 Å². The summed E-state index contributed by atoms with van der Waals surface area (Å²) in [6.07, 6.45) is 7.66. The van der Waals surface area contributed by atoms with Crippen molar-refractivity contribution in [3.05, 3.63) is 88.7 Å². The second-order valence-corrected chi connectivity index (χ2v) is 12.0. The number of hydrogen-bond acceptors (Lipinski definition) is 4. The van der Waals surface area contributed by atoms with Gasteiger partial charge in [-0.3, -0.25) is 9.59 Å². The number of carboxylic acid groups (broad SMARTS) is 2. The molecule has 238 valence electrons. The van der Waals surface area contributed by atoms with E-state index in [9.17, 15) is 24.9 Å². The lowest BCUT2D eigenvalue weighted by Crippen LogP contribution is -2.14. The lowest BCUT2D eigenvalue weighted by atomic mass is 10.0. The quantitative estimate of drug-likeness (QED) is 0.135. The van der Waals surface area contributed by atoms with Gasteiger partial charge in [-0.1, -0.05) is 0 Å². The van der Waals surface area contributed by atoms with Gasteiger partial charge in [-0.15, -0.1) is 0 Å². The Morgan fingerprint density at radius 3 is 1.78 bits per heavy atom. The molecular formula is C35H42N4O6. The smallest absolute Gasteiger partial charge is 0.303 e. The number of ether oxygens (including phenoxy) is 1. The van der Waals surface area contributed by atoms with Crippen LogP contribution in [0.3, 0.4) is 0 Å². The first-order chi connectivity index (χ1) is 21.3. The lowest BCUT2D eigenvalue weighted by Gasteiger charge is -2.11. The molecule has 10 nitrogen and oxygen atoms in total. The van der Waals surface area contributed by atoms with Crippen molar-refractivity contribution in [3.8, 4) is 0 Å². The number of aromatic nitrogens is 4. The summed E-state index contributed by atoms with van der Waals surface area (Å²) in [5, 5.41) is 33.1. The summed E-state index contributed by atoms with van der Waals surface area (Å²) < 4.78 is 5.78. The monoisotopic (exact) mass is 614 g/mol. The van der Waals surface area contributed by atoms with Crippen molar-refractivity contribution in [1.29, 1.82) is 0 Å². The first kappa shape index (κ1) is 31.9. The van der Waals surface area contributed by atoms with E-state index in [1.54, 1.807) is 14.0 Å². The molecule has 0 radical (unpaired) electrons. The zero-order valence-electron chi connectivity index (χ0n) is 26.9. The van der Waals surface area contributed by atoms with E-state index in [2.05, 4.69) is 19.9 Å². The molecule has 0 spiro atoms. The molecule has 8 bridgehead atoms. The molecule has 5 heterocycles. The minimum atomic E-state index is -0.885. The van der Waals surface area contributed by atoms with Crippen LogP contribution in [0, 0.1) is 27.7 Å². The summed E-state index contributed by atoms with van der Waals surface area (Å²) in [6, 6.07) is 0. The summed E-state index contributed by atoms with van der Waals surface area (Å²) in [5.41, 5.74) is 10.6. The number of methoxy groups -OCH3 is 1. The average Bonchev–Trinajstić information content (AvgIpc) is 3.63. The van der Waals surface area contributed by atoms with Gasteiger partial charge in [0.25, 0.3) is 0 Å². The molecule has 0 saturated carbocycles. The number of carboxylic acids is 2. The number of carbonyl (C=O) groups is 2. The van der Waals surface area contributed by atoms with Crippen molar-refractivity contribution in [3.63, 3.8) is 0 Å². The standard InChI is InChI=1S/C35H42N4O6/c1-16-22(8-10-32(41)42)28-15-29-23(9-11-33(43)44)17(2)25(37-29)13-31-35(21(6)45-7)19(4)27(39-31)14-30-34(20(5)40)18(3)26(38-30)12-24(16)36-28/h12-15,20-21,36-40H,8-11H2,1-7H3,(H,41,42)(H,43,44)/t20-,21-/m1/s1. The highest BCUT2D eigenvalue weighted by atomic mass is 16.5. The number of nitrogens with one attached hydrogen (secondary N) is 4. The van der Waals surface area contributed by atoms with Crippen LogP contribution in [-0.2, 0) is 27.2 Å². The fourth-order valence-electron chi connectivity index (χ4n) is 6.58. The highest BCUT2D eigenvalue weighted by molar-refractivity contribution is 5.70. The Balaban J connectivity index is 1.94. The number of hydrogen-bond donors (Lipinski definition) is 7. The van der Waals surface area contributed by atoms with Crippen LogP contribution in [0.25, 0.3) is 24.3 Å². The molecule has 1 aliphatic heterocycles. The van der Waals surface area contributed by atoms with E-state index in [-0.39, 0.29) is 18.9 Å². The van der Waals surface area contributed by atoms with E-state index in [0.29, 0.717) is 12.8 Å². The van der Waals surface area contributed by atoms with Crippen molar-refractivity contribution in [2.75, 3.05) is 7.11 Å². The molecule has 5 rings (SSSR count). The molecular weight excluding hydrogens is 572 g/mol. The third-order valence-corrected chi connectivity index (χ3v) is 9.15. The maximum Gasteiger partial charge on any atom is 0.303 e. The van der Waals surface area contributed by atoms with Gasteiger partial charge in [-0.05, 0) is 112 Å². The molecule has 0 amide bonds. The van der Waals surface area contributed by atoms with Gasteiger partial charge >= 0.3 is 11.9 Å². The summed E-state index contributed by atoms with van der Waals surface area (Å²) in [6.45, 7) is 11.7. The van der Waals surface area contributed by atoms with Crippen LogP contribution < -0.4 is 21.4 Å². The van der Waals surface area contributed by atoms with Gasteiger partial charge in [-0.2, -0.15) is 0 Å². The van der Waals surface area contributed by atoms with Crippen LogP contribution in [0.4, 0.5) is 0 Å². The Kier molecular flexibility index (Phi) is 8.82. The van der Waals surface area contributed by atoms with E-state index >= 15 is 0 Å². The lowest BCUT2D eigenvalue weighted by molar-refractivity contribution is -0.138. The topological polar surface area (TPSA) is 167 Å². The second-order valence-electron chi connectivity index (χ2n) is 12.0. The maximum atomic E-state index is 11.6. The number of aromatic amines is 4. The maximum absolute atomic E-state index is 11.6. The predicted molar refractivity (Wildman–Crippen MR) is 173 cm³/mol. The van der Waals surface area contributed by atoms with E-state index < -0.39 is 18.0 Å². The van der Waals surface area contributed by atoms with Crippen LogP contribution in [0.1, 0.15) is 106 Å².